The fourth-order valence-corrected chi connectivity index (χ4v) is 2.84. The van der Waals surface area contributed by atoms with Crippen LogP contribution in [-0.2, 0) is 20.8 Å². The van der Waals surface area contributed by atoms with Crippen molar-refractivity contribution in [3.63, 3.8) is 0 Å². The summed E-state index contributed by atoms with van der Waals surface area (Å²) in [5.41, 5.74) is 1.24. The van der Waals surface area contributed by atoms with E-state index in [0.717, 1.165) is 12.8 Å². The summed E-state index contributed by atoms with van der Waals surface area (Å²) in [5, 5.41) is 10.9. The van der Waals surface area contributed by atoms with E-state index in [-0.39, 0.29) is 37.3 Å². The first-order valence-electron chi connectivity index (χ1n) is 8.57. The van der Waals surface area contributed by atoms with Crippen LogP contribution in [0.5, 0.6) is 0 Å². The van der Waals surface area contributed by atoms with Crippen LogP contribution in [0.15, 0.2) is 30.3 Å². The van der Waals surface area contributed by atoms with Crippen LogP contribution in [0.4, 0.5) is 0 Å². The van der Waals surface area contributed by atoms with E-state index >= 15 is 0 Å². The van der Waals surface area contributed by atoms with E-state index in [9.17, 15) is 14.4 Å². The van der Waals surface area contributed by atoms with Gasteiger partial charge < -0.3 is 15.3 Å². The number of aryl methyl sites for hydroxylation is 1. The predicted octanol–water partition coefficient (Wildman–Crippen LogP) is 0.776. The third-order valence-corrected chi connectivity index (χ3v) is 4.23. The highest BCUT2D eigenvalue weighted by Gasteiger charge is 2.22. The molecule has 1 aliphatic rings. The lowest BCUT2D eigenvalue weighted by atomic mass is 10.1. The third kappa shape index (κ3) is 7.84. The number of nitrogens with one attached hydrogen (secondary N) is 1. The van der Waals surface area contributed by atoms with Gasteiger partial charge in [0.25, 0.3) is 0 Å². The molecule has 2 amide bonds. The van der Waals surface area contributed by atoms with Gasteiger partial charge in [-0.2, -0.15) is 0 Å². The van der Waals surface area contributed by atoms with Crippen LogP contribution in [0.2, 0.25) is 0 Å². The van der Waals surface area contributed by atoms with E-state index in [1.165, 1.54) is 5.56 Å². The molecule has 26 heavy (non-hydrogen) atoms. The Hall–Kier alpha value is -2.12. The number of nitrogens with zero attached hydrogens (tertiary/aromatic N) is 2. The van der Waals surface area contributed by atoms with Crippen molar-refractivity contribution in [3.05, 3.63) is 35.9 Å². The molecule has 1 aliphatic heterocycles. The van der Waals surface area contributed by atoms with Crippen LogP contribution in [0.3, 0.4) is 0 Å². The van der Waals surface area contributed by atoms with Crippen molar-refractivity contribution < 1.29 is 19.5 Å². The number of hydrogen-bond acceptors (Lipinski definition) is 4. The second-order valence-corrected chi connectivity index (χ2v) is 6.17. The lowest BCUT2D eigenvalue weighted by molar-refractivity contribution is -0.138. The molecule has 0 saturated carbocycles. The maximum Gasteiger partial charge on any atom is 0.322 e. The van der Waals surface area contributed by atoms with Crippen molar-refractivity contribution in [2.24, 2.45) is 0 Å². The average molecular weight is 384 g/mol. The molecule has 0 aromatic heterocycles. The molecule has 2 rings (SSSR count). The highest BCUT2D eigenvalue weighted by atomic mass is 35.5. The summed E-state index contributed by atoms with van der Waals surface area (Å²) < 4.78 is 0. The second-order valence-electron chi connectivity index (χ2n) is 6.17. The summed E-state index contributed by atoms with van der Waals surface area (Å²) in [6, 6.07) is 10.1. The Bertz CT molecular complexity index is 589. The van der Waals surface area contributed by atoms with Crippen LogP contribution in [0.25, 0.3) is 0 Å². The lowest BCUT2D eigenvalue weighted by Crippen LogP contribution is -2.51. The van der Waals surface area contributed by atoms with Gasteiger partial charge in [-0.3, -0.25) is 19.3 Å². The van der Waals surface area contributed by atoms with Crippen molar-refractivity contribution >= 4 is 30.2 Å². The van der Waals surface area contributed by atoms with E-state index < -0.39 is 5.97 Å². The number of rotatable bonds is 8. The molecule has 1 fully saturated rings. The maximum atomic E-state index is 12.3. The first-order chi connectivity index (χ1) is 12.0. The van der Waals surface area contributed by atoms with Crippen molar-refractivity contribution in [1.29, 1.82) is 0 Å². The number of aliphatic carboxylic acids is 1. The fourth-order valence-electron chi connectivity index (χ4n) is 2.84. The molecule has 1 aromatic carbocycles. The van der Waals surface area contributed by atoms with E-state index in [0.29, 0.717) is 32.6 Å². The number of hydrogen-bond donors (Lipinski definition) is 2. The zero-order chi connectivity index (χ0) is 18.1. The largest absolute Gasteiger partial charge is 0.480 e. The number of halogens is 1. The molecule has 0 radical (unpaired) electrons. The van der Waals surface area contributed by atoms with Crippen molar-refractivity contribution in [3.8, 4) is 0 Å². The van der Waals surface area contributed by atoms with Gasteiger partial charge in [-0.05, 0) is 18.4 Å². The molecule has 1 saturated heterocycles. The zero-order valence-corrected chi connectivity index (χ0v) is 15.5. The molecule has 0 spiro atoms. The quantitative estimate of drug-likeness (QED) is 0.692. The van der Waals surface area contributed by atoms with Crippen LogP contribution in [0.1, 0.15) is 18.4 Å². The third-order valence-electron chi connectivity index (χ3n) is 4.23. The highest BCUT2D eigenvalue weighted by Crippen LogP contribution is 2.08. The summed E-state index contributed by atoms with van der Waals surface area (Å²) in [5.74, 6) is -1.20. The smallest absolute Gasteiger partial charge is 0.322 e. The molecule has 0 bridgehead atoms. The van der Waals surface area contributed by atoms with E-state index in [2.05, 4.69) is 17.4 Å². The Kier molecular flexibility index (Phi) is 9.69. The Morgan fingerprint density at radius 3 is 2.31 bits per heavy atom. The van der Waals surface area contributed by atoms with Gasteiger partial charge in [-0.1, -0.05) is 30.3 Å². The van der Waals surface area contributed by atoms with Crippen LogP contribution in [-0.4, -0.2) is 72.0 Å². The molecular weight excluding hydrogens is 358 g/mol. The second kappa shape index (κ2) is 11.5. The summed E-state index contributed by atoms with van der Waals surface area (Å²) in [4.78, 5) is 38.1. The molecule has 0 atom stereocenters. The summed E-state index contributed by atoms with van der Waals surface area (Å²) in [6.07, 6.45) is 2.27. The lowest BCUT2D eigenvalue weighted by Gasteiger charge is -2.34. The minimum atomic E-state index is -1.06. The Morgan fingerprint density at radius 2 is 1.69 bits per heavy atom. The molecule has 2 N–H and O–H groups in total. The molecule has 144 valence electrons. The Labute approximate surface area is 159 Å². The SMILES string of the molecule is Cl.O=C(O)CNC(=O)CN1CCN(C(=O)CCCc2ccccc2)CC1. The number of piperazine rings is 1. The molecule has 8 heteroatoms. The first-order valence-corrected chi connectivity index (χ1v) is 8.57. The standard InChI is InChI=1S/C18H25N3O4.ClH/c22-16(19-13-18(24)25)14-20-9-11-21(12-10-20)17(23)8-4-7-15-5-2-1-3-6-15;/h1-3,5-6H,4,7-14H2,(H,19,22)(H,24,25);1H. The topological polar surface area (TPSA) is 89.9 Å². The van der Waals surface area contributed by atoms with E-state index in [1.54, 1.807) is 0 Å². The molecule has 1 heterocycles. The minimum Gasteiger partial charge on any atom is -0.480 e. The van der Waals surface area contributed by atoms with Crippen molar-refractivity contribution in [2.45, 2.75) is 19.3 Å². The van der Waals surface area contributed by atoms with Crippen LogP contribution < -0.4 is 5.32 Å². The minimum absolute atomic E-state index is 0. The van der Waals surface area contributed by atoms with Gasteiger partial charge >= 0.3 is 5.97 Å². The van der Waals surface area contributed by atoms with Gasteiger partial charge in [-0.25, -0.2) is 0 Å². The number of carboxylic acid groups (broad SMARTS) is 1. The number of carboxylic acids is 1. The Morgan fingerprint density at radius 1 is 1.04 bits per heavy atom. The summed E-state index contributed by atoms with van der Waals surface area (Å²) in [6.45, 7) is 2.28. The monoisotopic (exact) mass is 383 g/mol. The molecule has 0 unspecified atom stereocenters. The van der Waals surface area contributed by atoms with Crippen LogP contribution in [0, 0.1) is 0 Å². The van der Waals surface area contributed by atoms with Crippen molar-refractivity contribution in [1.82, 2.24) is 15.1 Å². The summed E-state index contributed by atoms with van der Waals surface area (Å²) in [7, 11) is 0. The molecule has 0 aliphatic carbocycles. The van der Waals surface area contributed by atoms with Crippen molar-refractivity contribution in [2.75, 3.05) is 39.3 Å². The van der Waals surface area contributed by atoms with Gasteiger partial charge in [0.1, 0.15) is 6.54 Å². The average Bonchev–Trinajstić information content (AvgIpc) is 2.61. The van der Waals surface area contributed by atoms with Gasteiger partial charge in [-0.15, -0.1) is 12.4 Å². The fraction of sp³-hybridized carbons (Fsp3) is 0.500. The maximum absolute atomic E-state index is 12.3. The molecular formula is C18H26ClN3O4. The van der Waals surface area contributed by atoms with E-state index in [1.807, 2.05) is 28.0 Å². The molecule has 7 nitrogen and oxygen atoms in total. The predicted molar refractivity (Wildman–Crippen MR) is 100 cm³/mol. The Balaban J connectivity index is 0.00000338. The van der Waals surface area contributed by atoms with Gasteiger partial charge in [0.2, 0.25) is 11.8 Å². The number of carbonyl (C=O) groups excluding carboxylic acids is 2. The van der Waals surface area contributed by atoms with Gasteiger partial charge in [0.05, 0.1) is 6.54 Å². The normalized spacial score (nSPS) is 14.4. The molecule has 1 aromatic rings. The summed E-state index contributed by atoms with van der Waals surface area (Å²) >= 11 is 0. The van der Waals surface area contributed by atoms with E-state index in [4.69, 9.17) is 5.11 Å². The van der Waals surface area contributed by atoms with Gasteiger partial charge in [0, 0.05) is 32.6 Å². The van der Waals surface area contributed by atoms with Gasteiger partial charge in [0.15, 0.2) is 0 Å². The zero-order valence-electron chi connectivity index (χ0n) is 14.7. The van der Waals surface area contributed by atoms with Crippen LogP contribution >= 0.6 is 12.4 Å². The number of amides is 2. The first kappa shape index (κ1) is 21.9. The number of benzene rings is 1. The number of carbonyl (C=O) groups is 3. The highest BCUT2D eigenvalue weighted by molar-refractivity contribution is 5.85.